The van der Waals surface area contributed by atoms with E-state index >= 15 is 0 Å². The predicted octanol–water partition coefficient (Wildman–Crippen LogP) is 1.08. The zero-order valence-corrected chi connectivity index (χ0v) is 10.5. The van der Waals surface area contributed by atoms with Crippen LogP contribution in [0, 0.1) is 5.92 Å². The van der Waals surface area contributed by atoms with Crippen molar-refractivity contribution in [3.05, 3.63) is 30.3 Å². The molecule has 6 nitrogen and oxygen atoms in total. The molecular weight excluding hydrogens is 242 g/mol. The van der Waals surface area contributed by atoms with Gasteiger partial charge in [0.15, 0.2) is 0 Å². The van der Waals surface area contributed by atoms with Gasteiger partial charge in [-0.3, -0.25) is 0 Å². The van der Waals surface area contributed by atoms with E-state index in [0.717, 1.165) is 43.9 Å². The lowest BCUT2D eigenvalue weighted by Gasteiger charge is -2.29. The molecule has 1 aromatic heterocycles. The van der Waals surface area contributed by atoms with Crippen molar-refractivity contribution in [1.82, 2.24) is 20.2 Å². The van der Waals surface area contributed by atoms with Gasteiger partial charge in [-0.05, 0) is 35.4 Å². The molecule has 0 atom stereocenters. The number of rotatable bonds is 3. The van der Waals surface area contributed by atoms with Gasteiger partial charge in [-0.15, -0.1) is 0 Å². The van der Waals surface area contributed by atoms with Crippen LogP contribution in [-0.2, 0) is 4.79 Å². The van der Waals surface area contributed by atoms with Crippen LogP contribution in [0.4, 0.5) is 5.95 Å². The molecule has 6 heteroatoms. The van der Waals surface area contributed by atoms with Crippen molar-refractivity contribution in [2.24, 2.45) is 5.92 Å². The third kappa shape index (κ3) is 2.33. The van der Waals surface area contributed by atoms with Crippen LogP contribution in [0.3, 0.4) is 0 Å². The second kappa shape index (κ2) is 5.17. The smallest absolute Gasteiger partial charge is 0.250 e. The SMILES string of the molecule is O=CC1CCN(c2nnnn2-c2ccccc2)CC1. The maximum absolute atomic E-state index is 10.8. The van der Waals surface area contributed by atoms with Gasteiger partial charge in [0.05, 0.1) is 5.69 Å². The van der Waals surface area contributed by atoms with E-state index < -0.39 is 0 Å². The Kier molecular flexibility index (Phi) is 3.22. The first kappa shape index (κ1) is 11.8. The third-order valence-corrected chi connectivity index (χ3v) is 3.47. The van der Waals surface area contributed by atoms with E-state index in [1.54, 1.807) is 4.68 Å². The number of piperidine rings is 1. The highest BCUT2D eigenvalue weighted by Crippen LogP contribution is 2.21. The number of hydrogen-bond acceptors (Lipinski definition) is 5. The maximum atomic E-state index is 10.8. The van der Waals surface area contributed by atoms with Crippen molar-refractivity contribution in [2.75, 3.05) is 18.0 Å². The summed E-state index contributed by atoms with van der Waals surface area (Å²) in [5.41, 5.74) is 0.944. The summed E-state index contributed by atoms with van der Waals surface area (Å²) in [6.07, 6.45) is 2.79. The van der Waals surface area contributed by atoms with E-state index in [1.165, 1.54) is 0 Å². The Morgan fingerprint density at radius 2 is 1.89 bits per heavy atom. The van der Waals surface area contributed by atoms with E-state index in [0.29, 0.717) is 0 Å². The van der Waals surface area contributed by atoms with Gasteiger partial charge in [0.2, 0.25) is 5.95 Å². The summed E-state index contributed by atoms with van der Waals surface area (Å²) in [4.78, 5) is 12.9. The van der Waals surface area contributed by atoms with Crippen LogP contribution in [0.5, 0.6) is 0 Å². The minimum absolute atomic E-state index is 0.178. The van der Waals surface area contributed by atoms with Gasteiger partial charge in [-0.25, -0.2) is 0 Å². The normalized spacial score (nSPS) is 16.5. The Morgan fingerprint density at radius 1 is 1.16 bits per heavy atom. The standard InChI is InChI=1S/C13H15N5O/c19-10-11-6-8-17(9-7-11)13-14-15-16-18(13)12-4-2-1-3-5-12/h1-5,10-11H,6-9H2. The van der Waals surface area contributed by atoms with Crippen LogP contribution in [-0.4, -0.2) is 39.6 Å². The fourth-order valence-corrected chi connectivity index (χ4v) is 2.35. The molecule has 0 amide bonds. The van der Waals surface area contributed by atoms with Gasteiger partial charge in [0.1, 0.15) is 6.29 Å². The van der Waals surface area contributed by atoms with Crippen molar-refractivity contribution in [1.29, 1.82) is 0 Å². The summed E-state index contributed by atoms with van der Waals surface area (Å²) in [6, 6.07) is 9.82. The summed E-state index contributed by atoms with van der Waals surface area (Å²) in [5, 5.41) is 11.9. The quantitative estimate of drug-likeness (QED) is 0.770. The minimum Gasteiger partial charge on any atom is -0.339 e. The molecule has 0 unspecified atom stereocenters. The summed E-state index contributed by atoms with van der Waals surface area (Å²) in [5.74, 6) is 0.924. The molecular formula is C13H15N5O. The van der Waals surface area contributed by atoms with E-state index in [9.17, 15) is 4.79 Å². The van der Waals surface area contributed by atoms with Crippen molar-refractivity contribution in [3.63, 3.8) is 0 Å². The van der Waals surface area contributed by atoms with E-state index in [2.05, 4.69) is 20.4 Å². The number of tetrazole rings is 1. The van der Waals surface area contributed by atoms with Crippen molar-refractivity contribution in [2.45, 2.75) is 12.8 Å². The molecule has 0 N–H and O–H groups in total. The molecule has 1 aliphatic heterocycles. The van der Waals surface area contributed by atoms with E-state index in [1.807, 2.05) is 30.3 Å². The lowest BCUT2D eigenvalue weighted by atomic mass is 9.99. The average Bonchev–Trinajstić information content (AvgIpc) is 2.98. The Balaban J connectivity index is 1.83. The molecule has 3 rings (SSSR count). The van der Waals surface area contributed by atoms with Gasteiger partial charge >= 0.3 is 0 Å². The summed E-state index contributed by atoms with van der Waals surface area (Å²) in [6.45, 7) is 1.63. The van der Waals surface area contributed by atoms with Crippen molar-refractivity contribution < 1.29 is 4.79 Å². The van der Waals surface area contributed by atoms with Gasteiger partial charge in [0, 0.05) is 19.0 Å². The fraction of sp³-hybridized carbons (Fsp3) is 0.385. The average molecular weight is 257 g/mol. The number of carbonyl (C=O) groups is 1. The molecule has 0 radical (unpaired) electrons. The zero-order chi connectivity index (χ0) is 13.1. The number of para-hydroxylation sites is 1. The highest BCUT2D eigenvalue weighted by molar-refractivity contribution is 5.54. The van der Waals surface area contributed by atoms with E-state index in [-0.39, 0.29) is 5.92 Å². The van der Waals surface area contributed by atoms with Crippen LogP contribution in [0.2, 0.25) is 0 Å². The third-order valence-electron chi connectivity index (χ3n) is 3.47. The van der Waals surface area contributed by atoms with Gasteiger partial charge in [0.25, 0.3) is 0 Å². The Bertz CT molecular complexity index is 545. The monoisotopic (exact) mass is 257 g/mol. The molecule has 0 saturated carbocycles. The molecule has 19 heavy (non-hydrogen) atoms. The number of benzene rings is 1. The number of aldehydes is 1. The number of carbonyl (C=O) groups excluding carboxylic acids is 1. The first-order chi connectivity index (χ1) is 9.38. The molecule has 0 spiro atoms. The highest BCUT2D eigenvalue weighted by Gasteiger charge is 2.23. The highest BCUT2D eigenvalue weighted by atomic mass is 16.1. The lowest BCUT2D eigenvalue weighted by Crippen LogP contribution is -2.35. The predicted molar refractivity (Wildman–Crippen MR) is 70.2 cm³/mol. The molecule has 1 aromatic carbocycles. The van der Waals surface area contributed by atoms with Crippen LogP contribution in [0.25, 0.3) is 5.69 Å². The summed E-state index contributed by atoms with van der Waals surface area (Å²) >= 11 is 0. The molecule has 2 heterocycles. The van der Waals surface area contributed by atoms with Crippen LogP contribution in [0.1, 0.15) is 12.8 Å². The number of aromatic nitrogens is 4. The minimum atomic E-state index is 0.178. The van der Waals surface area contributed by atoms with Gasteiger partial charge in [-0.1, -0.05) is 23.3 Å². The Hall–Kier alpha value is -2.24. The first-order valence-electron chi connectivity index (χ1n) is 6.42. The van der Waals surface area contributed by atoms with Crippen LogP contribution < -0.4 is 4.90 Å². The molecule has 0 aliphatic carbocycles. The fourth-order valence-electron chi connectivity index (χ4n) is 2.35. The van der Waals surface area contributed by atoms with Gasteiger partial charge < -0.3 is 9.69 Å². The Morgan fingerprint density at radius 3 is 2.58 bits per heavy atom. The van der Waals surface area contributed by atoms with Crippen molar-refractivity contribution in [3.8, 4) is 5.69 Å². The number of hydrogen-bond donors (Lipinski definition) is 0. The van der Waals surface area contributed by atoms with E-state index in [4.69, 9.17) is 0 Å². The molecule has 0 bridgehead atoms. The Labute approximate surface area is 111 Å². The molecule has 98 valence electrons. The number of nitrogens with zero attached hydrogens (tertiary/aromatic N) is 5. The molecule has 1 fully saturated rings. The number of anilines is 1. The molecule has 1 saturated heterocycles. The summed E-state index contributed by atoms with van der Waals surface area (Å²) < 4.78 is 1.74. The topological polar surface area (TPSA) is 63.9 Å². The second-order valence-electron chi connectivity index (χ2n) is 4.69. The van der Waals surface area contributed by atoms with Crippen molar-refractivity contribution >= 4 is 12.2 Å². The van der Waals surface area contributed by atoms with Gasteiger partial charge in [-0.2, -0.15) is 4.68 Å². The molecule has 1 aliphatic rings. The lowest BCUT2D eigenvalue weighted by molar-refractivity contribution is -0.111. The summed E-state index contributed by atoms with van der Waals surface area (Å²) in [7, 11) is 0. The van der Waals surface area contributed by atoms with Crippen LogP contribution in [0.15, 0.2) is 30.3 Å². The zero-order valence-electron chi connectivity index (χ0n) is 10.5. The largest absolute Gasteiger partial charge is 0.339 e. The first-order valence-corrected chi connectivity index (χ1v) is 6.42. The van der Waals surface area contributed by atoms with Crippen LogP contribution >= 0.6 is 0 Å². The second-order valence-corrected chi connectivity index (χ2v) is 4.69. The molecule has 2 aromatic rings. The maximum Gasteiger partial charge on any atom is 0.250 e.